The zero-order valence-electron chi connectivity index (χ0n) is 18.0. The second-order valence-corrected chi connectivity index (χ2v) is 8.59. The highest BCUT2D eigenvalue weighted by molar-refractivity contribution is 5.79. The monoisotopic (exact) mass is 394 g/mol. The minimum atomic E-state index is 0.336. The molecule has 3 saturated heterocycles. The van der Waals surface area contributed by atoms with Crippen LogP contribution in [-0.4, -0.2) is 87.5 Å². The molecule has 0 radical (unpaired) electrons. The van der Waals surface area contributed by atoms with Crippen LogP contribution in [0.15, 0.2) is 4.99 Å². The van der Waals surface area contributed by atoms with Crippen LogP contribution in [0.2, 0.25) is 0 Å². The molecule has 0 saturated carbocycles. The molecule has 3 heterocycles. The fourth-order valence-corrected chi connectivity index (χ4v) is 4.61. The van der Waals surface area contributed by atoms with Gasteiger partial charge in [0.1, 0.15) is 0 Å². The van der Waals surface area contributed by atoms with E-state index in [-0.39, 0.29) is 0 Å². The number of guanidine groups is 1. The van der Waals surface area contributed by atoms with Crippen molar-refractivity contribution in [1.82, 2.24) is 15.1 Å². The Labute approximate surface area is 172 Å². The second kappa shape index (κ2) is 12.7. The molecule has 6 nitrogen and oxygen atoms in total. The normalized spacial score (nSPS) is 25.4. The van der Waals surface area contributed by atoms with Gasteiger partial charge in [-0.1, -0.05) is 12.8 Å². The van der Waals surface area contributed by atoms with Crippen molar-refractivity contribution in [1.29, 1.82) is 0 Å². The van der Waals surface area contributed by atoms with Gasteiger partial charge in [0, 0.05) is 33.3 Å². The molecule has 0 bridgehead atoms. The molecule has 28 heavy (non-hydrogen) atoms. The number of hydrogen-bond acceptors (Lipinski definition) is 4. The van der Waals surface area contributed by atoms with Crippen LogP contribution in [0.25, 0.3) is 0 Å². The number of aliphatic imine (C=N–C) groups is 1. The molecule has 162 valence electrons. The van der Waals surface area contributed by atoms with Crippen molar-refractivity contribution >= 4 is 5.96 Å². The van der Waals surface area contributed by atoms with Crippen molar-refractivity contribution in [2.45, 2.75) is 76.4 Å². The van der Waals surface area contributed by atoms with Gasteiger partial charge in [-0.15, -0.1) is 0 Å². The van der Waals surface area contributed by atoms with Gasteiger partial charge in [0.05, 0.1) is 18.8 Å². The van der Waals surface area contributed by atoms with E-state index in [2.05, 4.69) is 20.1 Å². The Bertz CT molecular complexity index is 440. The Hall–Kier alpha value is -0.850. The van der Waals surface area contributed by atoms with Crippen molar-refractivity contribution in [3.8, 4) is 0 Å². The van der Waals surface area contributed by atoms with E-state index in [9.17, 15) is 0 Å². The second-order valence-electron chi connectivity index (χ2n) is 8.59. The molecule has 0 aromatic carbocycles. The maximum absolute atomic E-state index is 6.09. The smallest absolute Gasteiger partial charge is 0.193 e. The number of hydrogen-bond donors (Lipinski definition) is 1. The highest BCUT2D eigenvalue weighted by Gasteiger charge is 2.24. The zero-order chi connectivity index (χ0) is 19.4. The first kappa shape index (κ1) is 21.8. The summed E-state index contributed by atoms with van der Waals surface area (Å²) in [6.07, 6.45) is 13.3. The topological polar surface area (TPSA) is 49.3 Å². The summed E-state index contributed by atoms with van der Waals surface area (Å²) in [5.74, 6) is 1.06. The summed E-state index contributed by atoms with van der Waals surface area (Å²) in [5, 5.41) is 3.57. The summed E-state index contributed by atoms with van der Waals surface area (Å²) in [4.78, 5) is 9.53. The van der Waals surface area contributed by atoms with Crippen molar-refractivity contribution in [3.63, 3.8) is 0 Å². The summed E-state index contributed by atoms with van der Waals surface area (Å²) < 4.78 is 11.7. The third-order valence-electron chi connectivity index (χ3n) is 6.38. The van der Waals surface area contributed by atoms with E-state index in [0.717, 1.165) is 58.1 Å². The summed E-state index contributed by atoms with van der Waals surface area (Å²) in [6.45, 7) is 8.70. The predicted octanol–water partition coefficient (Wildman–Crippen LogP) is 2.88. The molecule has 0 amide bonds. The van der Waals surface area contributed by atoms with Crippen LogP contribution in [0.5, 0.6) is 0 Å². The number of rotatable bonds is 9. The average Bonchev–Trinajstić information content (AvgIpc) is 3.27. The van der Waals surface area contributed by atoms with Crippen LogP contribution in [0, 0.1) is 0 Å². The number of unbranched alkanes of at least 4 members (excludes halogenated alkanes) is 2. The molecule has 3 aliphatic heterocycles. The van der Waals surface area contributed by atoms with Crippen molar-refractivity contribution in [3.05, 3.63) is 0 Å². The maximum Gasteiger partial charge on any atom is 0.193 e. The first-order valence-corrected chi connectivity index (χ1v) is 11.8. The van der Waals surface area contributed by atoms with Crippen LogP contribution in [-0.2, 0) is 9.47 Å². The van der Waals surface area contributed by atoms with Crippen molar-refractivity contribution in [2.24, 2.45) is 4.99 Å². The van der Waals surface area contributed by atoms with E-state index in [4.69, 9.17) is 9.47 Å². The van der Waals surface area contributed by atoms with Gasteiger partial charge < -0.3 is 24.6 Å². The number of nitrogens with one attached hydrogen (secondary N) is 1. The van der Waals surface area contributed by atoms with E-state index >= 15 is 0 Å². The molecule has 1 N–H and O–H groups in total. The molecule has 0 spiro atoms. The standard InChI is InChI=1S/C22H42N4O2/c1-23-22(24-12-4-2-5-13-25-14-6-3-7-15-25)26-16-10-20(11-17-26)28-19-21-9-8-18-27-21/h20-21H,2-19H2,1H3,(H,23,24). The number of nitrogens with zero attached hydrogens (tertiary/aromatic N) is 3. The van der Waals surface area contributed by atoms with Gasteiger partial charge in [0.15, 0.2) is 5.96 Å². The molecule has 0 aromatic heterocycles. The quantitative estimate of drug-likeness (QED) is 0.370. The molecule has 3 rings (SSSR count). The first-order valence-electron chi connectivity index (χ1n) is 11.8. The summed E-state index contributed by atoms with van der Waals surface area (Å²) in [6, 6.07) is 0. The van der Waals surface area contributed by atoms with Gasteiger partial charge in [-0.05, 0) is 71.0 Å². The van der Waals surface area contributed by atoms with E-state index in [1.165, 1.54) is 64.6 Å². The van der Waals surface area contributed by atoms with Crippen molar-refractivity contribution in [2.75, 3.05) is 59.5 Å². The fraction of sp³-hybridized carbons (Fsp3) is 0.955. The predicted molar refractivity (Wildman–Crippen MR) is 115 cm³/mol. The molecule has 0 aromatic rings. The highest BCUT2D eigenvalue weighted by atomic mass is 16.5. The largest absolute Gasteiger partial charge is 0.376 e. The molecular formula is C22H42N4O2. The lowest BCUT2D eigenvalue weighted by molar-refractivity contribution is -0.0367. The summed E-state index contributed by atoms with van der Waals surface area (Å²) in [5.41, 5.74) is 0. The van der Waals surface area contributed by atoms with E-state index in [1.54, 1.807) is 0 Å². The van der Waals surface area contributed by atoms with Gasteiger partial charge in [-0.2, -0.15) is 0 Å². The SMILES string of the molecule is CN=C(NCCCCCN1CCCCC1)N1CCC(OCC2CCCO2)CC1. The van der Waals surface area contributed by atoms with Gasteiger partial charge in [-0.3, -0.25) is 4.99 Å². The summed E-state index contributed by atoms with van der Waals surface area (Å²) >= 11 is 0. The third-order valence-corrected chi connectivity index (χ3v) is 6.38. The van der Waals surface area contributed by atoms with Gasteiger partial charge in [0.25, 0.3) is 0 Å². The number of piperidine rings is 2. The Morgan fingerprint density at radius 2 is 1.82 bits per heavy atom. The lowest BCUT2D eigenvalue weighted by Crippen LogP contribution is -2.47. The third kappa shape index (κ3) is 7.53. The lowest BCUT2D eigenvalue weighted by Gasteiger charge is -2.34. The highest BCUT2D eigenvalue weighted by Crippen LogP contribution is 2.18. The Morgan fingerprint density at radius 3 is 2.54 bits per heavy atom. The Morgan fingerprint density at radius 1 is 1.00 bits per heavy atom. The zero-order valence-corrected chi connectivity index (χ0v) is 18.0. The lowest BCUT2D eigenvalue weighted by atomic mass is 10.1. The van der Waals surface area contributed by atoms with Gasteiger partial charge in [-0.25, -0.2) is 0 Å². The van der Waals surface area contributed by atoms with Crippen LogP contribution >= 0.6 is 0 Å². The van der Waals surface area contributed by atoms with E-state index in [0.29, 0.717) is 12.2 Å². The first-order chi connectivity index (χ1) is 13.8. The van der Waals surface area contributed by atoms with E-state index in [1.807, 2.05) is 7.05 Å². The van der Waals surface area contributed by atoms with Crippen molar-refractivity contribution < 1.29 is 9.47 Å². The molecule has 6 heteroatoms. The van der Waals surface area contributed by atoms with Gasteiger partial charge in [0.2, 0.25) is 0 Å². The minimum Gasteiger partial charge on any atom is -0.376 e. The van der Waals surface area contributed by atoms with E-state index < -0.39 is 0 Å². The molecule has 0 aliphatic carbocycles. The summed E-state index contributed by atoms with van der Waals surface area (Å²) in [7, 11) is 1.90. The van der Waals surface area contributed by atoms with Crippen LogP contribution in [0.4, 0.5) is 0 Å². The molecule has 1 atom stereocenters. The Balaban J connectivity index is 1.22. The fourth-order valence-electron chi connectivity index (χ4n) is 4.61. The molecule has 3 fully saturated rings. The van der Waals surface area contributed by atoms with Gasteiger partial charge >= 0.3 is 0 Å². The number of likely N-dealkylation sites (tertiary alicyclic amines) is 2. The average molecular weight is 395 g/mol. The van der Waals surface area contributed by atoms with Crippen LogP contribution in [0.1, 0.15) is 64.2 Å². The Kier molecular flexibility index (Phi) is 9.88. The van der Waals surface area contributed by atoms with Crippen LogP contribution in [0.3, 0.4) is 0 Å². The number of ether oxygens (including phenoxy) is 2. The van der Waals surface area contributed by atoms with Crippen LogP contribution < -0.4 is 5.32 Å². The molecular weight excluding hydrogens is 352 g/mol. The molecule has 3 aliphatic rings. The minimum absolute atomic E-state index is 0.336. The molecule has 1 unspecified atom stereocenters. The maximum atomic E-state index is 6.09.